The number of hydrogen-bond acceptors (Lipinski definition) is 1. The fourth-order valence-electron chi connectivity index (χ4n) is 1.97. The normalized spacial score (nSPS) is 11.5. The highest BCUT2D eigenvalue weighted by Gasteiger charge is 2.18. The van der Waals surface area contributed by atoms with Crippen LogP contribution in [0.2, 0.25) is 0 Å². The van der Waals surface area contributed by atoms with Gasteiger partial charge in [-0.2, -0.15) is 0 Å². The molecule has 0 amide bonds. The molecule has 0 atom stereocenters. The predicted molar refractivity (Wildman–Crippen MR) is 74.9 cm³/mol. The first-order chi connectivity index (χ1) is 9.70. The second kappa shape index (κ2) is 5.35. The second-order valence-corrected chi connectivity index (χ2v) is 5.91. The van der Waals surface area contributed by atoms with Gasteiger partial charge in [0.2, 0.25) is 0 Å². The van der Waals surface area contributed by atoms with Crippen LogP contribution in [0.25, 0.3) is 0 Å². The van der Waals surface area contributed by atoms with E-state index in [9.17, 15) is 18.0 Å². The minimum atomic E-state index is -1.57. The summed E-state index contributed by atoms with van der Waals surface area (Å²) in [4.78, 5) is 12.2. The van der Waals surface area contributed by atoms with Gasteiger partial charge in [0.25, 0.3) is 0 Å². The van der Waals surface area contributed by atoms with E-state index in [0.29, 0.717) is 17.7 Å². The Labute approximate surface area is 121 Å². The Kier molecular flexibility index (Phi) is 3.90. The minimum Gasteiger partial charge on any atom is -0.289 e. The van der Waals surface area contributed by atoms with Crippen molar-refractivity contribution < 1.29 is 18.0 Å². The maximum atomic E-state index is 13.2. The number of halogens is 3. The first kappa shape index (κ1) is 15.3. The third kappa shape index (κ3) is 3.15. The smallest absolute Gasteiger partial charge is 0.194 e. The average Bonchev–Trinajstić information content (AvgIpc) is 2.42. The molecular formula is C17H15F3O. The lowest BCUT2D eigenvalue weighted by Gasteiger charge is -2.19. The topological polar surface area (TPSA) is 17.1 Å². The number of hydrogen-bond donors (Lipinski definition) is 0. The van der Waals surface area contributed by atoms with E-state index in [1.165, 1.54) is 0 Å². The first-order valence-electron chi connectivity index (χ1n) is 6.50. The Balaban J connectivity index is 2.37. The van der Waals surface area contributed by atoms with Gasteiger partial charge in [-0.1, -0.05) is 45.0 Å². The highest BCUT2D eigenvalue weighted by Crippen LogP contribution is 2.23. The lowest BCUT2D eigenvalue weighted by atomic mass is 9.86. The van der Waals surface area contributed by atoms with Crippen molar-refractivity contribution in [2.24, 2.45) is 0 Å². The summed E-state index contributed by atoms with van der Waals surface area (Å²) < 4.78 is 39.2. The lowest BCUT2D eigenvalue weighted by molar-refractivity contribution is 0.103. The largest absolute Gasteiger partial charge is 0.289 e. The molecule has 0 aromatic heterocycles. The zero-order chi connectivity index (χ0) is 15.8. The second-order valence-electron chi connectivity index (χ2n) is 5.91. The summed E-state index contributed by atoms with van der Waals surface area (Å²) in [5, 5.41) is 0. The average molecular weight is 292 g/mol. The summed E-state index contributed by atoms with van der Waals surface area (Å²) in [5.41, 5.74) is 1.06. The Hall–Kier alpha value is -2.10. The van der Waals surface area contributed by atoms with Crippen LogP contribution in [0.3, 0.4) is 0 Å². The van der Waals surface area contributed by atoms with Gasteiger partial charge in [-0.15, -0.1) is 0 Å². The zero-order valence-corrected chi connectivity index (χ0v) is 12.0. The minimum absolute atomic E-state index is 0.0599. The summed E-state index contributed by atoms with van der Waals surface area (Å²) in [6, 6.07) is 8.20. The quantitative estimate of drug-likeness (QED) is 0.582. The van der Waals surface area contributed by atoms with E-state index < -0.39 is 23.2 Å². The van der Waals surface area contributed by atoms with Crippen molar-refractivity contribution in [1.29, 1.82) is 0 Å². The fourth-order valence-corrected chi connectivity index (χ4v) is 1.97. The fraction of sp³-hybridized carbons (Fsp3) is 0.235. The van der Waals surface area contributed by atoms with Crippen LogP contribution in [0, 0.1) is 17.5 Å². The van der Waals surface area contributed by atoms with Crippen LogP contribution in [0.4, 0.5) is 13.2 Å². The van der Waals surface area contributed by atoms with Gasteiger partial charge >= 0.3 is 0 Å². The van der Waals surface area contributed by atoms with Gasteiger partial charge in [0.1, 0.15) is 0 Å². The standard InChI is InChI=1S/C17H15F3O/c1-17(2,3)12-6-4-10(5-7-12)16(21)11-8-13(18)15(20)14(19)9-11/h4-9H,1-3H3. The highest BCUT2D eigenvalue weighted by atomic mass is 19.2. The molecule has 0 heterocycles. The van der Waals surface area contributed by atoms with Gasteiger partial charge in [0, 0.05) is 11.1 Å². The van der Waals surface area contributed by atoms with E-state index in [1.54, 1.807) is 24.3 Å². The van der Waals surface area contributed by atoms with Crippen LogP contribution in [0.1, 0.15) is 42.3 Å². The van der Waals surface area contributed by atoms with E-state index >= 15 is 0 Å². The van der Waals surface area contributed by atoms with Crippen LogP contribution in [0.5, 0.6) is 0 Å². The van der Waals surface area contributed by atoms with E-state index in [-0.39, 0.29) is 11.0 Å². The Morgan fingerprint density at radius 2 is 1.33 bits per heavy atom. The molecule has 0 aliphatic rings. The van der Waals surface area contributed by atoms with E-state index in [2.05, 4.69) is 0 Å². The molecule has 0 unspecified atom stereocenters. The maximum Gasteiger partial charge on any atom is 0.194 e. The molecule has 2 aromatic carbocycles. The van der Waals surface area contributed by atoms with Crippen molar-refractivity contribution in [3.8, 4) is 0 Å². The van der Waals surface area contributed by atoms with Gasteiger partial charge in [-0.05, 0) is 23.1 Å². The number of carbonyl (C=O) groups excluding carboxylic acids is 1. The molecule has 0 spiro atoms. The molecule has 21 heavy (non-hydrogen) atoms. The van der Waals surface area contributed by atoms with Crippen molar-refractivity contribution in [3.05, 3.63) is 70.5 Å². The van der Waals surface area contributed by atoms with E-state index in [4.69, 9.17) is 0 Å². The number of ketones is 1. The van der Waals surface area contributed by atoms with Crippen LogP contribution < -0.4 is 0 Å². The Morgan fingerprint density at radius 1 is 0.857 bits per heavy atom. The SMILES string of the molecule is CC(C)(C)c1ccc(C(=O)c2cc(F)c(F)c(F)c2)cc1. The van der Waals surface area contributed by atoms with Crippen molar-refractivity contribution in [1.82, 2.24) is 0 Å². The summed E-state index contributed by atoms with van der Waals surface area (Å²) in [7, 11) is 0. The summed E-state index contributed by atoms with van der Waals surface area (Å²) in [5.74, 6) is -4.86. The molecular weight excluding hydrogens is 277 g/mol. The highest BCUT2D eigenvalue weighted by molar-refractivity contribution is 6.09. The van der Waals surface area contributed by atoms with E-state index in [0.717, 1.165) is 5.56 Å². The van der Waals surface area contributed by atoms with Crippen molar-refractivity contribution >= 4 is 5.78 Å². The maximum absolute atomic E-state index is 13.2. The zero-order valence-electron chi connectivity index (χ0n) is 12.0. The Morgan fingerprint density at radius 3 is 1.76 bits per heavy atom. The molecule has 0 fully saturated rings. The van der Waals surface area contributed by atoms with Crippen molar-refractivity contribution in [2.75, 3.05) is 0 Å². The summed E-state index contributed by atoms with van der Waals surface area (Å²) in [6.45, 7) is 6.11. The molecule has 0 aliphatic carbocycles. The molecule has 110 valence electrons. The van der Waals surface area contributed by atoms with Gasteiger partial charge < -0.3 is 0 Å². The van der Waals surface area contributed by atoms with Gasteiger partial charge in [0.05, 0.1) is 0 Å². The van der Waals surface area contributed by atoms with Crippen LogP contribution in [0.15, 0.2) is 36.4 Å². The summed E-state index contributed by atoms with van der Waals surface area (Å²) in [6.07, 6.45) is 0. The van der Waals surface area contributed by atoms with Gasteiger partial charge in [0.15, 0.2) is 23.2 Å². The number of benzene rings is 2. The van der Waals surface area contributed by atoms with E-state index in [1.807, 2.05) is 20.8 Å². The Bertz CT molecular complexity index is 659. The molecule has 0 aliphatic heterocycles. The van der Waals surface area contributed by atoms with Crippen LogP contribution >= 0.6 is 0 Å². The monoisotopic (exact) mass is 292 g/mol. The molecule has 4 heteroatoms. The predicted octanol–water partition coefficient (Wildman–Crippen LogP) is 4.63. The lowest BCUT2D eigenvalue weighted by Crippen LogP contribution is -2.11. The molecule has 0 N–H and O–H groups in total. The van der Waals surface area contributed by atoms with Crippen molar-refractivity contribution in [2.45, 2.75) is 26.2 Å². The van der Waals surface area contributed by atoms with Gasteiger partial charge in [-0.25, -0.2) is 13.2 Å². The third-order valence-corrected chi connectivity index (χ3v) is 3.26. The molecule has 2 rings (SSSR count). The molecule has 0 bridgehead atoms. The van der Waals surface area contributed by atoms with Gasteiger partial charge in [-0.3, -0.25) is 4.79 Å². The molecule has 0 radical (unpaired) electrons. The molecule has 0 saturated carbocycles. The summed E-state index contributed by atoms with van der Waals surface area (Å²) >= 11 is 0. The van der Waals surface area contributed by atoms with Crippen LogP contribution in [-0.2, 0) is 5.41 Å². The molecule has 1 nitrogen and oxygen atoms in total. The van der Waals surface area contributed by atoms with Crippen LogP contribution in [-0.4, -0.2) is 5.78 Å². The number of rotatable bonds is 2. The van der Waals surface area contributed by atoms with Crippen molar-refractivity contribution in [3.63, 3.8) is 0 Å². The third-order valence-electron chi connectivity index (χ3n) is 3.26. The molecule has 2 aromatic rings. The number of carbonyl (C=O) groups is 1. The molecule has 0 saturated heterocycles. The first-order valence-corrected chi connectivity index (χ1v) is 6.50.